The minimum atomic E-state index is 0.00984. The quantitative estimate of drug-likeness (QED) is 0.733. The zero-order valence-electron chi connectivity index (χ0n) is 11.8. The molecule has 0 aromatic heterocycles. The predicted molar refractivity (Wildman–Crippen MR) is 75.2 cm³/mol. The predicted octanol–water partition coefficient (Wildman–Crippen LogP) is 2.17. The first-order chi connectivity index (χ1) is 8.67. The molecule has 18 heavy (non-hydrogen) atoms. The van der Waals surface area contributed by atoms with Gasteiger partial charge in [0.15, 0.2) is 0 Å². The van der Waals surface area contributed by atoms with E-state index < -0.39 is 0 Å². The first-order valence-electron chi connectivity index (χ1n) is 7.07. The number of nitrogens with zero attached hydrogens (tertiary/aromatic N) is 1. The van der Waals surface area contributed by atoms with Gasteiger partial charge in [-0.1, -0.05) is 32.1 Å². The van der Waals surface area contributed by atoms with Gasteiger partial charge in [0.05, 0.1) is 6.54 Å². The third kappa shape index (κ3) is 4.03. The second kappa shape index (κ2) is 7.43. The summed E-state index contributed by atoms with van der Waals surface area (Å²) in [5.74, 6) is 2.79. The monoisotopic (exact) mass is 250 g/mol. The van der Waals surface area contributed by atoms with E-state index >= 15 is 0 Å². The molecule has 0 saturated heterocycles. The molecule has 1 N–H and O–H groups in total. The van der Waals surface area contributed by atoms with Gasteiger partial charge in [0.25, 0.3) is 0 Å². The molecule has 3 nitrogen and oxygen atoms in total. The Balaban J connectivity index is 2.62. The van der Waals surface area contributed by atoms with Crippen LogP contribution in [0.2, 0.25) is 0 Å². The molecule has 0 atom stereocenters. The molecule has 3 heteroatoms. The number of carbonyl (C=O) groups excluding carboxylic acids is 1. The summed E-state index contributed by atoms with van der Waals surface area (Å²) in [6.07, 6.45) is 12.8. The summed E-state index contributed by atoms with van der Waals surface area (Å²) >= 11 is 0. The van der Waals surface area contributed by atoms with Crippen LogP contribution in [-0.2, 0) is 4.79 Å². The highest BCUT2D eigenvalue weighted by molar-refractivity contribution is 5.77. The molecule has 0 bridgehead atoms. The summed E-state index contributed by atoms with van der Waals surface area (Å²) in [4.78, 5) is 14.2. The number of carbonyl (C=O) groups is 1. The Bertz CT molecular complexity index is 300. The lowest BCUT2D eigenvalue weighted by atomic mass is 9.79. The Hall–Kier alpha value is -1.01. The third-order valence-corrected chi connectivity index (χ3v) is 3.96. The number of rotatable bonds is 6. The van der Waals surface area contributed by atoms with Crippen LogP contribution in [0.5, 0.6) is 0 Å². The second-order valence-electron chi connectivity index (χ2n) is 5.29. The zero-order chi connectivity index (χ0) is 13.4. The maximum Gasteiger partial charge on any atom is 0.225 e. The first-order valence-corrected chi connectivity index (χ1v) is 7.07. The lowest BCUT2D eigenvalue weighted by molar-refractivity contribution is -0.132. The zero-order valence-corrected chi connectivity index (χ0v) is 11.8. The molecular formula is C15H26N2O. The molecule has 1 fully saturated rings. The third-order valence-electron chi connectivity index (χ3n) is 3.96. The number of hydrogen-bond acceptors (Lipinski definition) is 2. The minimum absolute atomic E-state index is 0.00984. The summed E-state index contributed by atoms with van der Waals surface area (Å²) in [6, 6.07) is 0. The molecule has 0 aromatic rings. The molecule has 0 radical (unpaired) electrons. The largest absolute Gasteiger partial charge is 0.332 e. The van der Waals surface area contributed by atoms with E-state index in [1.165, 1.54) is 19.3 Å². The van der Waals surface area contributed by atoms with Crippen molar-refractivity contribution in [1.29, 1.82) is 0 Å². The average Bonchev–Trinajstić information content (AvgIpc) is 2.39. The van der Waals surface area contributed by atoms with Gasteiger partial charge >= 0.3 is 0 Å². The fourth-order valence-corrected chi connectivity index (χ4v) is 2.82. The molecule has 102 valence electrons. The van der Waals surface area contributed by atoms with E-state index in [1.54, 1.807) is 0 Å². The Kier molecular flexibility index (Phi) is 6.21. The molecule has 1 amide bonds. The van der Waals surface area contributed by atoms with Crippen molar-refractivity contribution in [1.82, 2.24) is 10.2 Å². The van der Waals surface area contributed by atoms with Crippen LogP contribution in [0.25, 0.3) is 0 Å². The van der Waals surface area contributed by atoms with Crippen LogP contribution in [-0.4, -0.2) is 36.5 Å². The van der Waals surface area contributed by atoms with Crippen LogP contribution >= 0.6 is 0 Å². The highest BCUT2D eigenvalue weighted by Crippen LogP contribution is 2.31. The van der Waals surface area contributed by atoms with E-state index in [9.17, 15) is 4.79 Å². The molecule has 0 aromatic carbocycles. The summed E-state index contributed by atoms with van der Waals surface area (Å²) in [7, 11) is 1.98. The molecule has 1 aliphatic rings. The molecule has 0 spiro atoms. The van der Waals surface area contributed by atoms with Crippen LogP contribution in [0.15, 0.2) is 0 Å². The Morgan fingerprint density at radius 1 is 1.39 bits per heavy atom. The van der Waals surface area contributed by atoms with Crippen molar-refractivity contribution in [3.8, 4) is 12.3 Å². The molecule has 1 saturated carbocycles. The van der Waals surface area contributed by atoms with Crippen molar-refractivity contribution in [3.63, 3.8) is 0 Å². The van der Waals surface area contributed by atoms with Gasteiger partial charge in [-0.15, -0.1) is 6.42 Å². The normalized spacial score (nSPS) is 18.1. The van der Waals surface area contributed by atoms with Crippen LogP contribution in [0.4, 0.5) is 0 Å². The molecule has 0 unspecified atom stereocenters. The minimum Gasteiger partial charge on any atom is -0.332 e. The van der Waals surface area contributed by atoms with Gasteiger partial charge in [-0.2, -0.15) is 0 Å². The van der Waals surface area contributed by atoms with Crippen LogP contribution < -0.4 is 5.32 Å². The van der Waals surface area contributed by atoms with Gasteiger partial charge in [-0.3, -0.25) is 4.79 Å². The standard InChI is InChI=1S/C15H26N2O/c1-4-11-17(12-5-2)14(18)13-15(16-3)9-7-6-8-10-15/h1,16H,5-13H2,2-3H3. The van der Waals surface area contributed by atoms with Gasteiger partial charge in [0.2, 0.25) is 5.91 Å². The number of hydrogen-bond donors (Lipinski definition) is 1. The maximum atomic E-state index is 12.3. The van der Waals surface area contributed by atoms with Crippen molar-refractivity contribution in [2.24, 2.45) is 0 Å². The van der Waals surface area contributed by atoms with Gasteiger partial charge in [-0.05, 0) is 26.3 Å². The Labute approximate surface area is 111 Å². The average molecular weight is 250 g/mol. The fourth-order valence-electron chi connectivity index (χ4n) is 2.82. The van der Waals surface area contributed by atoms with Gasteiger partial charge < -0.3 is 10.2 Å². The van der Waals surface area contributed by atoms with Crippen LogP contribution in [0.3, 0.4) is 0 Å². The van der Waals surface area contributed by atoms with Crippen molar-refractivity contribution in [2.45, 2.75) is 57.4 Å². The maximum absolute atomic E-state index is 12.3. The van der Waals surface area contributed by atoms with Gasteiger partial charge in [-0.25, -0.2) is 0 Å². The number of nitrogens with one attached hydrogen (secondary N) is 1. The summed E-state index contributed by atoms with van der Waals surface area (Å²) in [6.45, 7) is 3.28. The van der Waals surface area contributed by atoms with E-state index in [2.05, 4.69) is 18.2 Å². The summed E-state index contributed by atoms with van der Waals surface area (Å²) in [5, 5.41) is 3.39. The SMILES string of the molecule is C#CCN(CCC)C(=O)CC1(NC)CCCCC1. The van der Waals surface area contributed by atoms with Crippen LogP contribution in [0.1, 0.15) is 51.9 Å². The number of terminal acetylenes is 1. The smallest absolute Gasteiger partial charge is 0.225 e. The Morgan fingerprint density at radius 2 is 2.06 bits per heavy atom. The van der Waals surface area contributed by atoms with Gasteiger partial charge in [0, 0.05) is 18.5 Å². The van der Waals surface area contributed by atoms with E-state index in [1.807, 2.05) is 11.9 Å². The van der Waals surface area contributed by atoms with Crippen molar-refractivity contribution in [2.75, 3.05) is 20.1 Å². The molecular weight excluding hydrogens is 224 g/mol. The highest BCUT2D eigenvalue weighted by atomic mass is 16.2. The van der Waals surface area contributed by atoms with E-state index in [0.29, 0.717) is 13.0 Å². The van der Waals surface area contributed by atoms with Crippen molar-refractivity contribution in [3.05, 3.63) is 0 Å². The second-order valence-corrected chi connectivity index (χ2v) is 5.29. The molecule has 0 aliphatic heterocycles. The summed E-state index contributed by atoms with van der Waals surface area (Å²) in [5.41, 5.74) is 0.00984. The highest BCUT2D eigenvalue weighted by Gasteiger charge is 2.33. The van der Waals surface area contributed by atoms with Crippen molar-refractivity contribution >= 4 is 5.91 Å². The van der Waals surface area contributed by atoms with E-state index in [-0.39, 0.29) is 11.4 Å². The Morgan fingerprint density at radius 3 is 2.56 bits per heavy atom. The number of amides is 1. The van der Waals surface area contributed by atoms with E-state index in [0.717, 1.165) is 25.8 Å². The lowest BCUT2D eigenvalue weighted by Gasteiger charge is -2.38. The fraction of sp³-hybridized carbons (Fsp3) is 0.800. The van der Waals surface area contributed by atoms with Gasteiger partial charge in [0.1, 0.15) is 0 Å². The topological polar surface area (TPSA) is 32.3 Å². The molecule has 1 rings (SSSR count). The van der Waals surface area contributed by atoms with E-state index in [4.69, 9.17) is 6.42 Å². The summed E-state index contributed by atoms with van der Waals surface area (Å²) < 4.78 is 0. The van der Waals surface area contributed by atoms with Crippen molar-refractivity contribution < 1.29 is 4.79 Å². The molecule has 1 aliphatic carbocycles. The lowest BCUT2D eigenvalue weighted by Crippen LogP contribution is -2.49. The van der Waals surface area contributed by atoms with Crippen LogP contribution in [0, 0.1) is 12.3 Å². The molecule has 0 heterocycles. The first kappa shape index (κ1) is 15.0.